The number of aliphatic carboxylic acids is 1. The van der Waals surface area contributed by atoms with Gasteiger partial charge in [-0.2, -0.15) is 0 Å². The molecular formula is C21H22N2O4S. The Kier molecular flexibility index (Phi) is 6.06. The number of pyridine rings is 1. The van der Waals surface area contributed by atoms with Gasteiger partial charge in [0.1, 0.15) is 0 Å². The molecule has 0 aliphatic carbocycles. The number of hydrogen-bond donors (Lipinski definition) is 2. The summed E-state index contributed by atoms with van der Waals surface area (Å²) in [7, 11) is -3.87. The van der Waals surface area contributed by atoms with Crippen LogP contribution in [0.2, 0.25) is 0 Å². The van der Waals surface area contributed by atoms with Crippen LogP contribution in [-0.4, -0.2) is 30.5 Å². The number of nitrogens with zero attached hydrogens (tertiary/aromatic N) is 1. The van der Waals surface area contributed by atoms with E-state index < -0.39 is 22.0 Å². The van der Waals surface area contributed by atoms with E-state index >= 15 is 0 Å². The quantitative estimate of drug-likeness (QED) is 0.607. The van der Waals surface area contributed by atoms with E-state index in [2.05, 4.69) is 9.71 Å². The van der Waals surface area contributed by atoms with Crippen LogP contribution < -0.4 is 4.72 Å². The molecule has 3 rings (SSSR count). The number of sulfonamides is 1. The van der Waals surface area contributed by atoms with Crippen molar-refractivity contribution in [1.29, 1.82) is 0 Å². The number of rotatable bonds is 8. The lowest BCUT2D eigenvalue weighted by Crippen LogP contribution is -2.37. The molecule has 0 aliphatic rings. The van der Waals surface area contributed by atoms with Crippen molar-refractivity contribution in [2.75, 3.05) is 0 Å². The lowest BCUT2D eigenvalue weighted by molar-refractivity contribution is -0.137. The molecule has 2 N–H and O–H groups in total. The van der Waals surface area contributed by atoms with E-state index in [4.69, 9.17) is 5.11 Å². The molecule has 6 nitrogen and oxygen atoms in total. The van der Waals surface area contributed by atoms with Gasteiger partial charge >= 0.3 is 5.97 Å². The summed E-state index contributed by atoms with van der Waals surface area (Å²) in [5, 5.41) is 9.59. The SMILES string of the molecule is Cc1ccc2ncccc2c1S(=O)(=O)NC(CCC(=O)O)Cc1ccccc1. The first-order valence-corrected chi connectivity index (χ1v) is 10.5. The average Bonchev–Trinajstić information content (AvgIpc) is 2.66. The Morgan fingerprint density at radius 1 is 1.11 bits per heavy atom. The van der Waals surface area contributed by atoms with Gasteiger partial charge in [-0.05, 0) is 49.1 Å². The highest BCUT2D eigenvalue weighted by Gasteiger charge is 2.25. The molecule has 1 unspecified atom stereocenters. The van der Waals surface area contributed by atoms with E-state index in [0.29, 0.717) is 22.9 Å². The van der Waals surface area contributed by atoms with Gasteiger partial charge in [-0.25, -0.2) is 13.1 Å². The highest BCUT2D eigenvalue weighted by atomic mass is 32.2. The van der Waals surface area contributed by atoms with Crippen molar-refractivity contribution in [3.05, 3.63) is 71.9 Å². The normalized spacial score (nSPS) is 12.8. The molecule has 0 bridgehead atoms. The van der Waals surface area contributed by atoms with Crippen LogP contribution >= 0.6 is 0 Å². The van der Waals surface area contributed by atoms with Crippen LogP contribution in [0.5, 0.6) is 0 Å². The van der Waals surface area contributed by atoms with Crippen LogP contribution in [0.3, 0.4) is 0 Å². The van der Waals surface area contributed by atoms with Crippen LogP contribution in [0.4, 0.5) is 0 Å². The topological polar surface area (TPSA) is 96.4 Å². The molecule has 0 fully saturated rings. The second kappa shape index (κ2) is 8.50. The summed E-state index contributed by atoms with van der Waals surface area (Å²) in [6.07, 6.45) is 2.11. The first-order chi connectivity index (χ1) is 13.4. The van der Waals surface area contributed by atoms with Crippen LogP contribution in [-0.2, 0) is 21.2 Å². The number of aromatic nitrogens is 1. The van der Waals surface area contributed by atoms with Crippen LogP contribution in [0.1, 0.15) is 24.0 Å². The molecule has 1 heterocycles. The number of nitrogens with one attached hydrogen (secondary N) is 1. The number of fused-ring (bicyclic) bond motifs is 1. The maximum atomic E-state index is 13.2. The third kappa shape index (κ3) is 4.74. The Morgan fingerprint density at radius 3 is 2.57 bits per heavy atom. The van der Waals surface area contributed by atoms with Gasteiger partial charge in [-0.15, -0.1) is 0 Å². The zero-order valence-electron chi connectivity index (χ0n) is 15.5. The molecule has 0 aliphatic heterocycles. The Bertz CT molecular complexity index is 1080. The van der Waals surface area contributed by atoms with E-state index in [1.54, 1.807) is 37.4 Å². The van der Waals surface area contributed by atoms with Gasteiger partial charge in [0, 0.05) is 24.0 Å². The summed E-state index contributed by atoms with van der Waals surface area (Å²) in [6, 6.07) is 15.8. The minimum absolute atomic E-state index is 0.115. The largest absolute Gasteiger partial charge is 0.481 e. The first kappa shape index (κ1) is 20.0. The number of carboxylic acids is 1. The summed E-state index contributed by atoms with van der Waals surface area (Å²) in [4.78, 5) is 15.5. The van der Waals surface area contributed by atoms with Gasteiger partial charge in [-0.1, -0.05) is 36.4 Å². The summed E-state index contributed by atoms with van der Waals surface area (Å²) >= 11 is 0. The highest BCUT2D eigenvalue weighted by molar-refractivity contribution is 7.89. The molecule has 28 heavy (non-hydrogen) atoms. The maximum Gasteiger partial charge on any atom is 0.303 e. The number of carbonyl (C=O) groups is 1. The van der Waals surface area contributed by atoms with Crippen molar-refractivity contribution >= 4 is 26.9 Å². The molecule has 0 spiro atoms. The van der Waals surface area contributed by atoms with Gasteiger partial charge in [0.05, 0.1) is 10.4 Å². The van der Waals surface area contributed by atoms with Crippen molar-refractivity contribution < 1.29 is 18.3 Å². The Balaban J connectivity index is 1.95. The van der Waals surface area contributed by atoms with Gasteiger partial charge in [0.15, 0.2) is 0 Å². The number of aryl methyl sites for hydroxylation is 1. The van der Waals surface area contributed by atoms with E-state index in [1.807, 2.05) is 30.3 Å². The Morgan fingerprint density at radius 2 is 1.86 bits per heavy atom. The number of carboxylic acid groups (broad SMARTS) is 1. The van der Waals surface area contributed by atoms with Crippen molar-refractivity contribution in [2.24, 2.45) is 0 Å². The average molecular weight is 398 g/mol. The third-order valence-corrected chi connectivity index (χ3v) is 6.28. The van der Waals surface area contributed by atoms with E-state index in [9.17, 15) is 13.2 Å². The lowest BCUT2D eigenvalue weighted by atomic mass is 10.0. The maximum absolute atomic E-state index is 13.2. The Hall–Kier alpha value is -2.77. The fourth-order valence-electron chi connectivity index (χ4n) is 3.27. The van der Waals surface area contributed by atoms with Gasteiger partial charge in [0.25, 0.3) is 0 Å². The minimum atomic E-state index is -3.87. The predicted octanol–water partition coefficient (Wildman–Crippen LogP) is 3.30. The van der Waals surface area contributed by atoms with E-state index in [-0.39, 0.29) is 17.7 Å². The minimum Gasteiger partial charge on any atom is -0.481 e. The van der Waals surface area contributed by atoms with Crippen LogP contribution in [0, 0.1) is 6.92 Å². The fourth-order valence-corrected chi connectivity index (χ4v) is 4.98. The smallest absolute Gasteiger partial charge is 0.303 e. The number of benzene rings is 2. The first-order valence-electron chi connectivity index (χ1n) is 8.99. The molecule has 2 aromatic carbocycles. The number of hydrogen-bond acceptors (Lipinski definition) is 4. The lowest BCUT2D eigenvalue weighted by Gasteiger charge is -2.20. The summed E-state index contributed by atoms with van der Waals surface area (Å²) < 4.78 is 29.2. The zero-order chi connectivity index (χ0) is 20.1. The highest BCUT2D eigenvalue weighted by Crippen LogP contribution is 2.26. The molecule has 0 amide bonds. The molecule has 7 heteroatoms. The van der Waals surface area contributed by atoms with Crippen molar-refractivity contribution in [1.82, 2.24) is 9.71 Å². The monoisotopic (exact) mass is 398 g/mol. The van der Waals surface area contributed by atoms with Gasteiger partial charge in [0.2, 0.25) is 10.0 Å². The van der Waals surface area contributed by atoms with E-state index in [1.165, 1.54) is 0 Å². The van der Waals surface area contributed by atoms with Crippen LogP contribution in [0.15, 0.2) is 65.7 Å². The standard InChI is InChI=1S/C21H22N2O4S/c1-15-9-11-19-18(8-5-13-22-19)21(15)28(26,27)23-17(10-12-20(24)25)14-16-6-3-2-4-7-16/h2-9,11,13,17,23H,10,12,14H2,1H3,(H,24,25). The summed E-state index contributed by atoms with van der Waals surface area (Å²) in [5.74, 6) is -0.956. The molecule has 1 atom stereocenters. The molecule has 0 radical (unpaired) electrons. The predicted molar refractivity (Wildman–Crippen MR) is 108 cm³/mol. The second-order valence-electron chi connectivity index (χ2n) is 6.72. The van der Waals surface area contributed by atoms with Crippen LogP contribution in [0.25, 0.3) is 10.9 Å². The van der Waals surface area contributed by atoms with Crippen molar-refractivity contribution in [2.45, 2.75) is 37.1 Å². The Labute approximate surface area is 164 Å². The molecule has 3 aromatic rings. The summed E-state index contributed by atoms with van der Waals surface area (Å²) in [5.41, 5.74) is 2.15. The second-order valence-corrected chi connectivity index (χ2v) is 8.37. The molecule has 146 valence electrons. The van der Waals surface area contributed by atoms with Crippen molar-refractivity contribution in [3.8, 4) is 0 Å². The van der Waals surface area contributed by atoms with Gasteiger partial charge < -0.3 is 5.11 Å². The fraction of sp³-hybridized carbons (Fsp3) is 0.238. The van der Waals surface area contributed by atoms with E-state index in [0.717, 1.165) is 5.56 Å². The van der Waals surface area contributed by atoms with Gasteiger partial charge in [-0.3, -0.25) is 9.78 Å². The molecule has 0 saturated heterocycles. The molecular weight excluding hydrogens is 376 g/mol. The zero-order valence-corrected chi connectivity index (χ0v) is 16.3. The third-order valence-electron chi connectivity index (χ3n) is 4.55. The van der Waals surface area contributed by atoms with Crippen molar-refractivity contribution in [3.63, 3.8) is 0 Å². The molecule has 1 aromatic heterocycles. The summed E-state index contributed by atoms with van der Waals surface area (Å²) in [6.45, 7) is 1.74. The molecule has 0 saturated carbocycles.